The maximum absolute atomic E-state index is 13.1. The Morgan fingerprint density at radius 1 is 1.03 bits per heavy atom. The van der Waals surface area contributed by atoms with Gasteiger partial charge in [0.2, 0.25) is 11.8 Å². The lowest BCUT2D eigenvalue weighted by Crippen LogP contribution is -2.49. The SMILES string of the molecule is CCCCNC(=O)C(CC)N(Cc1ccc(Cl)cc1)C(=O)CCCOc1ccccc1. The smallest absolute Gasteiger partial charge is 0.242 e. The lowest BCUT2D eigenvalue weighted by Gasteiger charge is -2.30. The summed E-state index contributed by atoms with van der Waals surface area (Å²) in [7, 11) is 0. The van der Waals surface area contributed by atoms with Crippen molar-refractivity contribution in [3.8, 4) is 5.75 Å². The normalized spacial score (nSPS) is 11.6. The number of hydrogen-bond acceptors (Lipinski definition) is 3. The van der Waals surface area contributed by atoms with Gasteiger partial charge in [-0.3, -0.25) is 9.59 Å². The molecule has 2 amide bonds. The van der Waals surface area contributed by atoms with Gasteiger partial charge in [-0.05, 0) is 49.1 Å². The molecule has 0 aliphatic carbocycles. The van der Waals surface area contributed by atoms with Crippen molar-refractivity contribution in [2.24, 2.45) is 0 Å². The molecule has 0 aliphatic rings. The summed E-state index contributed by atoms with van der Waals surface area (Å²) < 4.78 is 5.70. The van der Waals surface area contributed by atoms with Crippen LogP contribution in [0.4, 0.5) is 0 Å². The molecule has 5 nitrogen and oxygen atoms in total. The van der Waals surface area contributed by atoms with Gasteiger partial charge in [0.1, 0.15) is 11.8 Å². The number of para-hydroxylation sites is 1. The van der Waals surface area contributed by atoms with Crippen LogP contribution in [-0.4, -0.2) is 35.9 Å². The first kappa shape index (κ1) is 24.7. The van der Waals surface area contributed by atoms with Crippen molar-refractivity contribution in [3.63, 3.8) is 0 Å². The Morgan fingerprint density at radius 3 is 2.39 bits per heavy atom. The first-order valence-electron chi connectivity index (χ1n) is 11.0. The lowest BCUT2D eigenvalue weighted by molar-refractivity contribution is -0.141. The minimum absolute atomic E-state index is 0.0518. The van der Waals surface area contributed by atoms with E-state index in [0.717, 1.165) is 24.2 Å². The third-order valence-corrected chi connectivity index (χ3v) is 5.28. The summed E-state index contributed by atoms with van der Waals surface area (Å²) in [6, 6.07) is 16.4. The maximum atomic E-state index is 13.1. The number of ether oxygens (including phenoxy) is 1. The van der Waals surface area contributed by atoms with Crippen LogP contribution in [-0.2, 0) is 16.1 Å². The molecule has 0 spiro atoms. The number of hydrogen-bond donors (Lipinski definition) is 1. The zero-order valence-corrected chi connectivity index (χ0v) is 19.2. The molecule has 2 rings (SSSR count). The van der Waals surface area contributed by atoms with Gasteiger partial charge >= 0.3 is 0 Å². The number of nitrogens with zero attached hydrogens (tertiary/aromatic N) is 1. The zero-order chi connectivity index (χ0) is 22.5. The molecule has 0 fully saturated rings. The van der Waals surface area contributed by atoms with E-state index in [-0.39, 0.29) is 11.8 Å². The molecule has 31 heavy (non-hydrogen) atoms. The van der Waals surface area contributed by atoms with Crippen molar-refractivity contribution in [2.75, 3.05) is 13.2 Å². The molecule has 1 atom stereocenters. The molecule has 6 heteroatoms. The molecule has 0 saturated carbocycles. The fourth-order valence-corrected chi connectivity index (χ4v) is 3.41. The van der Waals surface area contributed by atoms with E-state index in [1.807, 2.05) is 49.4 Å². The molecule has 0 heterocycles. The zero-order valence-electron chi connectivity index (χ0n) is 18.5. The van der Waals surface area contributed by atoms with Gasteiger partial charge in [-0.25, -0.2) is 0 Å². The van der Waals surface area contributed by atoms with Crippen molar-refractivity contribution in [1.82, 2.24) is 10.2 Å². The first-order valence-corrected chi connectivity index (χ1v) is 11.4. The second-order valence-electron chi connectivity index (χ2n) is 7.48. The molecule has 2 aromatic rings. The quantitative estimate of drug-likeness (QED) is 0.431. The van der Waals surface area contributed by atoms with E-state index < -0.39 is 6.04 Å². The van der Waals surface area contributed by atoms with E-state index in [4.69, 9.17) is 16.3 Å². The molecule has 1 unspecified atom stereocenters. The van der Waals surface area contributed by atoms with E-state index in [2.05, 4.69) is 12.2 Å². The fraction of sp³-hybridized carbons (Fsp3) is 0.440. The molecule has 2 aromatic carbocycles. The van der Waals surface area contributed by atoms with Crippen molar-refractivity contribution >= 4 is 23.4 Å². The molecule has 0 aliphatic heterocycles. The number of halogens is 1. The minimum Gasteiger partial charge on any atom is -0.494 e. The van der Waals surface area contributed by atoms with Crippen LogP contribution in [0.1, 0.15) is 51.5 Å². The van der Waals surface area contributed by atoms with Crippen LogP contribution in [0.25, 0.3) is 0 Å². The predicted octanol–water partition coefficient (Wildman–Crippen LogP) is 5.22. The molecule has 0 saturated heterocycles. The van der Waals surface area contributed by atoms with E-state index in [9.17, 15) is 9.59 Å². The largest absolute Gasteiger partial charge is 0.494 e. The molecular formula is C25H33ClN2O3. The molecular weight excluding hydrogens is 412 g/mol. The van der Waals surface area contributed by atoms with Crippen molar-refractivity contribution in [1.29, 1.82) is 0 Å². The highest BCUT2D eigenvalue weighted by Crippen LogP contribution is 2.17. The van der Waals surface area contributed by atoms with Crippen LogP contribution >= 0.6 is 11.6 Å². The molecule has 1 N–H and O–H groups in total. The average molecular weight is 445 g/mol. The number of nitrogens with one attached hydrogen (secondary N) is 1. The highest BCUT2D eigenvalue weighted by atomic mass is 35.5. The Bertz CT molecular complexity index is 796. The Balaban J connectivity index is 2.02. The van der Waals surface area contributed by atoms with E-state index >= 15 is 0 Å². The highest BCUT2D eigenvalue weighted by molar-refractivity contribution is 6.30. The number of carbonyl (C=O) groups is 2. The predicted molar refractivity (Wildman–Crippen MR) is 125 cm³/mol. The van der Waals surface area contributed by atoms with Gasteiger partial charge in [-0.15, -0.1) is 0 Å². The van der Waals surface area contributed by atoms with Crippen LogP contribution in [0.5, 0.6) is 5.75 Å². The van der Waals surface area contributed by atoms with E-state index in [0.29, 0.717) is 44.0 Å². The average Bonchev–Trinajstić information content (AvgIpc) is 2.78. The summed E-state index contributed by atoms with van der Waals surface area (Å²) in [5, 5.41) is 3.62. The summed E-state index contributed by atoms with van der Waals surface area (Å²) in [6.07, 6.45) is 3.38. The standard InChI is InChI=1S/C25H33ClN2O3/c1-3-5-17-27-25(30)23(4-2)28(19-20-13-15-21(26)16-14-20)24(29)12-9-18-31-22-10-7-6-8-11-22/h6-8,10-11,13-16,23H,3-5,9,12,17-19H2,1-2H3,(H,27,30). The fourth-order valence-electron chi connectivity index (χ4n) is 3.29. The van der Waals surface area contributed by atoms with Crippen LogP contribution < -0.4 is 10.1 Å². The molecule has 0 bridgehead atoms. The van der Waals surface area contributed by atoms with Crippen LogP contribution in [0.2, 0.25) is 5.02 Å². The number of carbonyl (C=O) groups excluding carboxylic acids is 2. The number of unbranched alkanes of at least 4 members (excludes halogenated alkanes) is 1. The van der Waals surface area contributed by atoms with Crippen molar-refractivity contribution < 1.29 is 14.3 Å². The van der Waals surface area contributed by atoms with Gasteiger partial charge in [-0.2, -0.15) is 0 Å². The maximum Gasteiger partial charge on any atom is 0.242 e. The Morgan fingerprint density at radius 2 is 1.74 bits per heavy atom. The number of benzene rings is 2. The van der Waals surface area contributed by atoms with Gasteiger partial charge in [0, 0.05) is 24.5 Å². The summed E-state index contributed by atoms with van der Waals surface area (Å²) in [5.74, 6) is 0.637. The van der Waals surface area contributed by atoms with Crippen LogP contribution in [0, 0.1) is 0 Å². The summed E-state index contributed by atoms with van der Waals surface area (Å²) in [4.78, 5) is 27.6. The monoisotopic (exact) mass is 444 g/mol. The van der Waals surface area contributed by atoms with Gasteiger partial charge in [0.25, 0.3) is 0 Å². The summed E-state index contributed by atoms with van der Waals surface area (Å²) >= 11 is 6.00. The number of amides is 2. The van der Waals surface area contributed by atoms with Crippen molar-refractivity contribution in [3.05, 3.63) is 65.2 Å². The van der Waals surface area contributed by atoms with E-state index in [1.54, 1.807) is 17.0 Å². The van der Waals surface area contributed by atoms with Gasteiger partial charge < -0.3 is 15.0 Å². The minimum atomic E-state index is -0.505. The lowest BCUT2D eigenvalue weighted by atomic mass is 10.1. The third-order valence-electron chi connectivity index (χ3n) is 5.03. The Hall–Kier alpha value is -2.53. The second kappa shape index (κ2) is 13.7. The topological polar surface area (TPSA) is 58.6 Å². The van der Waals surface area contributed by atoms with Gasteiger partial charge in [-0.1, -0.05) is 62.2 Å². The summed E-state index contributed by atoms with van der Waals surface area (Å²) in [5.41, 5.74) is 0.943. The molecule has 0 aromatic heterocycles. The Kier molecular flexibility index (Phi) is 10.9. The van der Waals surface area contributed by atoms with Gasteiger partial charge in [0.15, 0.2) is 0 Å². The third kappa shape index (κ3) is 8.62. The van der Waals surface area contributed by atoms with Crippen LogP contribution in [0.15, 0.2) is 54.6 Å². The highest BCUT2D eigenvalue weighted by Gasteiger charge is 2.28. The van der Waals surface area contributed by atoms with Crippen molar-refractivity contribution in [2.45, 2.75) is 58.5 Å². The number of rotatable bonds is 13. The summed E-state index contributed by atoms with van der Waals surface area (Å²) in [6.45, 7) is 5.46. The van der Waals surface area contributed by atoms with E-state index in [1.165, 1.54) is 0 Å². The van der Waals surface area contributed by atoms with Crippen LogP contribution in [0.3, 0.4) is 0 Å². The molecule has 168 valence electrons. The Labute approximate surface area is 190 Å². The van der Waals surface area contributed by atoms with Gasteiger partial charge in [0.05, 0.1) is 6.61 Å². The molecule has 0 radical (unpaired) electrons. The second-order valence-corrected chi connectivity index (χ2v) is 7.92. The first-order chi connectivity index (χ1) is 15.0.